The highest BCUT2D eigenvalue weighted by Gasteiger charge is 2.11. The van der Waals surface area contributed by atoms with Crippen LogP contribution in [0.25, 0.3) is 0 Å². The van der Waals surface area contributed by atoms with Gasteiger partial charge in [-0.3, -0.25) is 0 Å². The Hall–Kier alpha value is -0.780. The fourth-order valence-electron chi connectivity index (χ4n) is 1.55. The third-order valence-corrected chi connectivity index (χ3v) is 2.31. The third-order valence-electron chi connectivity index (χ3n) is 2.31. The van der Waals surface area contributed by atoms with E-state index in [1.165, 1.54) is 5.57 Å². The summed E-state index contributed by atoms with van der Waals surface area (Å²) in [5, 5.41) is 0. The summed E-state index contributed by atoms with van der Waals surface area (Å²) in [5.41, 5.74) is 1.39. The van der Waals surface area contributed by atoms with Crippen molar-refractivity contribution in [2.24, 2.45) is 11.8 Å². The molecule has 1 rings (SSSR count). The molecule has 0 bridgehead atoms. The van der Waals surface area contributed by atoms with Gasteiger partial charge in [0, 0.05) is 5.92 Å². The maximum Gasteiger partial charge on any atom is 0.00101 e. The largest absolute Gasteiger partial charge is 0.0882 e. The van der Waals surface area contributed by atoms with Gasteiger partial charge in [-0.05, 0) is 19.3 Å². The van der Waals surface area contributed by atoms with Crippen molar-refractivity contribution in [3.05, 3.63) is 36.0 Å². The van der Waals surface area contributed by atoms with Crippen LogP contribution in [0.15, 0.2) is 36.0 Å². The van der Waals surface area contributed by atoms with E-state index in [4.69, 9.17) is 0 Å². The molecule has 0 heteroatoms. The molecule has 0 saturated heterocycles. The molecule has 66 valence electrons. The lowest BCUT2D eigenvalue weighted by atomic mass is 9.87. The SMILES string of the molecule is CC/C=C\[C@H]1C=CC(C)=CC1C. The molecule has 0 fully saturated rings. The highest BCUT2D eigenvalue weighted by atomic mass is 14.2. The minimum atomic E-state index is 0.619. The quantitative estimate of drug-likeness (QED) is 0.543. The fraction of sp³-hybridized carbons (Fsp3) is 0.500. The summed E-state index contributed by atoms with van der Waals surface area (Å²) in [7, 11) is 0. The van der Waals surface area contributed by atoms with E-state index < -0.39 is 0 Å². The molecule has 0 spiro atoms. The van der Waals surface area contributed by atoms with E-state index in [0.717, 1.165) is 6.42 Å². The van der Waals surface area contributed by atoms with Crippen LogP contribution in [0.5, 0.6) is 0 Å². The van der Waals surface area contributed by atoms with Crippen molar-refractivity contribution in [1.82, 2.24) is 0 Å². The second-order valence-electron chi connectivity index (χ2n) is 3.54. The van der Waals surface area contributed by atoms with Crippen LogP contribution in [0.4, 0.5) is 0 Å². The van der Waals surface area contributed by atoms with Gasteiger partial charge in [0.2, 0.25) is 0 Å². The van der Waals surface area contributed by atoms with Crippen LogP contribution in [0.1, 0.15) is 27.2 Å². The molecule has 1 aliphatic rings. The van der Waals surface area contributed by atoms with E-state index in [1.807, 2.05) is 0 Å². The molecular formula is C12H18. The highest BCUT2D eigenvalue weighted by molar-refractivity contribution is 5.25. The van der Waals surface area contributed by atoms with E-state index in [0.29, 0.717) is 11.8 Å². The smallest absolute Gasteiger partial charge is 0.00101 e. The molecule has 0 amide bonds. The van der Waals surface area contributed by atoms with Gasteiger partial charge in [0.1, 0.15) is 0 Å². The van der Waals surface area contributed by atoms with Crippen molar-refractivity contribution in [2.45, 2.75) is 27.2 Å². The Balaban J connectivity index is 2.60. The van der Waals surface area contributed by atoms with E-state index in [1.54, 1.807) is 0 Å². The van der Waals surface area contributed by atoms with Crippen molar-refractivity contribution in [2.75, 3.05) is 0 Å². The maximum atomic E-state index is 2.34. The van der Waals surface area contributed by atoms with Crippen molar-refractivity contribution in [1.29, 1.82) is 0 Å². The first-order valence-corrected chi connectivity index (χ1v) is 4.77. The molecule has 12 heavy (non-hydrogen) atoms. The van der Waals surface area contributed by atoms with Crippen molar-refractivity contribution in [3.63, 3.8) is 0 Å². The van der Waals surface area contributed by atoms with Crippen molar-refractivity contribution < 1.29 is 0 Å². The second-order valence-corrected chi connectivity index (χ2v) is 3.54. The molecule has 1 aliphatic carbocycles. The first-order chi connectivity index (χ1) is 5.74. The number of allylic oxidation sites excluding steroid dienone is 6. The van der Waals surface area contributed by atoms with Crippen LogP contribution in [0.2, 0.25) is 0 Å². The average molecular weight is 162 g/mol. The summed E-state index contributed by atoms with van der Waals surface area (Å²) in [6, 6.07) is 0. The Bertz CT molecular complexity index is 218. The van der Waals surface area contributed by atoms with Gasteiger partial charge in [-0.1, -0.05) is 49.8 Å². The zero-order valence-corrected chi connectivity index (χ0v) is 8.25. The van der Waals surface area contributed by atoms with Crippen LogP contribution >= 0.6 is 0 Å². The summed E-state index contributed by atoms with van der Waals surface area (Å²) >= 11 is 0. The van der Waals surface area contributed by atoms with Crippen molar-refractivity contribution >= 4 is 0 Å². The minimum absolute atomic E-state index is 0.619. The monoisotopic (exact) mass is 162 g/mol. The van der Waals surface area contributed by atoms with E-state index in [-0.39, 0.29) is 0 Å². The molecule has 0 aromatic rings. The predicted octanol–water partition coefficient (Wildman–Crippen LogP) is 3.72. The average Bonchev–Trinajstić information content (AvgIpc) is 2.03. The lowest BCUT2D eigenvalue weighted by Crippen LogP contribution is -2.07. The van der Waals surface area contributed by atoms with E-state index in [9.17, 15) is 0 Å². The summed E-state index contributed by atoms with van der Waals surface area (Å²) < 4.78 is 0. The zero-order valence-electron chi connectivity index (χ0n) is 8.25. The molecule has 0 saturated carbocycles. The van der Waals surface area contributed by atoms with Gasteiger partial charge in [0.05, 0.1) is 0 Å². The summed E-state index contributed by atoms with van der Waals surface area (Å²) in [6.07, 6.45) is 12.5. The predicted molar refractivity (Wildman–Crippen MR) is 55.0 cm³/mol. The van der Waals surface area contributed by atoms with Crippen LogP contribution in [0.3, 0.4) is 0 Å². The first-order valence-electron chi connectivity index (χ1n) is 4.77. The molecule has 0 aromatic heterocycles. The fourth-order valence-corrected chi connectivity index (χ4v) is 1.55. The van der Waals surface area contributed by atoms with Crippen LogP contribution in [-0.4, -0.2) is 0 Å². The van der Waals surface area contributed by atoms with E-state index in [2.05, 4.69) is 51.2 Å². The highest BCUT2D eigenvalue weighted by Crippen LogP contribution is 2.23. The molecule has 0 aromatic carbocycles. The van der Waals surface area contributed by atoms with Gasteiger partial charge in [0.25, 0.3) is 0 Å². The lowest BCUT2D eigenvalue weighted by molar-refractivity contribution is 0.599. The molecule has 0 radical (unpaired) electrons. The Morgan fingerprint density at radius 3 is 2.83 bits per heavy atom. The van der Waals surface area contributed by atoms with Gasteiger partial charge >= 0.3 is 0 Å². The van der Waals surface area contributed by atoms with Crippen LogP contribution in [-0.2, 0) is 0 Å². The Kier molecular flexibility index (Phi) is 3.33. The summed E-state index contributed by atoms with van der Waals surface area (Å²) in [4.78, 5) is 0. The molecule has 2 atom stereocenters. The molecule has 1 unspecified atom stereocenters. The number of rotatable bonds is 2. The topological polar surface area (TPSA) is 0 Å². The number of hydrogen-bond acceptors (Lipinski definition) is 0. The Labute approximate surface area is 75.7 Å². The lowest BCUT2D eigenvalue weighted by Gasteiger charge is -2.18. The molecule has 0 N–H and O–H groups in total. The Morgan fingerprint density at radius 2 is 2.25 bits per heavy atom. The molecular weight excluding hydrogens is 144 g/mol. The normalized spacial score (nSPS) is 29.4. The van der Waals surface area contributed by atoms with Gasteiger partial charge in [0.15, 0.2) is 0 Å². The minimum Gasteiger partial charge on any atom is -0.0882 e. The standard InChI is InChI=1S/C12H18/c1-4-5-6-12-8-7-10(2)9-11(12)3/h5-9,11-12H,4H2,1-3H3/b6-5-/t11?,12-/m0/s1. The van der Waals surface area contributed by atoms with E-state index >= 15 is 0 Å². The molecule has 0 heterocycles. The molecule has 0 aliphatic heterocycles. The van der Waals surface area contributed by atoms with Gasteiger partial charge in [-0.15, -0.1) is 0 Å². The van der Waals surface area contributed by atoms with Crippen molar-refractivity contribution in [3.8, 4) is 0 Å². The van der Waals surface area contributed by atoms with Gasteiger partial charge in [-0.25, -0.2) is 0 Å². The third kappa shape index (κ3) is 2.37. The summed E-state index contributed by atoms with van der Waals surface area (Å²) in [5.74, 6) is 1.28. The van der Waals surface area contributed by atoms with Gasteiger partial charge in [-0.2, -0.15) is 0 Å². The summed E-state index contributed by atoms with van der Waals surface area (Å²) in [6.45, 7) is 6.61. The molecule has 0 nitrogen and oxygen atoms in total. The second kappa shape index (κ2) is 4.30. The number of hydrogen-bond donors (Lipinski definition) is 0. The Morgan fingerprint density at radius 1 is 1.50 bits per heavy atom. The maximum absolute atomic E-state index is 2.34. The van der Waals surface area contributed by atoms with Crippen LogP contribution in [0, 0.1) is 11.8 Å². The first kappa shape index (κ1) is 9.31. The van der Waals surface area contributed by atoms with Gasteiger partial charge < -0.3 is 0 Å². The zero-order chi connectivity index (χ0) is 8.97. The van der Waals surface area contributed by atoms with Crippen LogP contribution < -0.4 is 0 Å².